The zero-order valence-electron chi connectivity index (χ0n) is 13.0. The molecule has 0 aromatic heterocycles. The average molecular weight is 286 g/mol. The molecule has 0 saturated carbocycles. The number of nitrogens with zero attached hydrogens (tertiary/aromatic N) is 1. The van der Waals surface area contributed by atoms with Crippen molar-refractivity contribution in [3.05, 3.63) is 47.7 Å². The second-order valence-corrected chi connectivity index (χ2v) is 5.64. The van der Waals surface area contributed by atoms with Crippen molar-refractivity contribution in [3.8, 4) is 0 Å². The van der Waals surface area contributed by atoms with Gasteiger partial charge < -0.3 is 10.2 Å². The Hall–Kier alpha value is -1.77. The Morgan fingerprint density at radius 1 is 1.24 bits per heavy atom. The maximum absolute atomic E-state index is 12.1. The average Bonchev–Trinajstić information content (AvgIpc) is 3.02. The molecule has 1 heterocycles. The van der Waals surface area contributed by atoms with Gasteiger partial charge in [-0.1, -0.05) is 43.7 Å². The van der Waals surface area contributed by atoms with Gasteiger partial charge in [0.25, 0.3) is 0 Å². The van der Waals surface area contributed by atoms with Gasteiger partial charge in [-0.25, -0.2) is 0 Å². The van der Waals surface area contributed by atoms with Crippen LogP contribution in [0.15, 0.2) is 42.1 Å². The first-order chi connectivity index (χ1) is 10.3. The minimum Gasteiger partial charge on any atom is -0.374 e. The first-order valence-corrected chi connectivity index (χ1v) is 8.07. The van der Waals surface area contributed by atoms with Gasteiger partial charge in [-0.05, 0) is 24.8 Å². The van der Waals surface area contributed by atoms with Gasteiger partial charge in [0.2, 0.25) is 5.91 Å². The van der Waals surface area contributed by atoms with Crippen LogP contribution in [0.3, 0.4) is 0 Å². The van der Waals surface area contributed by atoms with Crippen LogP contribution in [0, 0.1) is 0 Å². The highest BCUT2D eigenvalue weighted by atomic mass is 16.1. The van der Waals surface area contributed by atoms with Crippen molar-refractivity contribution in [3.63, 3.8) is 0 Å². The third-order valence-electron chi connectivity index (χ3n) is 3.87. The van der Waals surface area contributed by atoms with Crippen LogP contribution in [-0.4, -0.2) is 30.4 Å². The van der Waals surface area contributed by atoms with Gasteiger partial charge >= 0.3 is 0 Å². The summed E-state index contributed by atoms with van der Waals surface area (Å²) in [6, 6.07) is 10.4. The Kier molecular flexibility index (Phi) is 6.32. The van der Waals surface area contributed by atoms with E-state index in [1.165, 1.54) is 18.4 Å². The van der Waals surface area contributed by atoms with Gasteiger partial charge in [0.1, 0.15) is 0 Å². The summed E-state index contributed by atoms with van der Waals surface area (Å²) in [5, 5.41) is 2.98. The minimum atomic E-state index is 0.0429. The normalized spacial score (nSPS) is 15.3. The molecule has 1 fully saturated rings. The van der Waals surface area contributed by atoms with Crippen LogP contribution < -0.4 is 5.32 Å². The Bertz CT molecular complexity index is 461. The fourth-order valence-corrected chi connectivity index (χ4v) is 2.65. The fraction of sp³-hybridized carbons (Fsp3) is 0.500. The predicted octanol–water partition coefficient (Wildman–Crippen LogP) is 3.13. The highest BCUT2D eigenvalue weighted by Gasteiger charge is 2.16. The van der Waals surface area contributed by atoms with Gasteiger partial charge in [-0.15, -0.1) is 0 Å². The minimum absolute atomic E-state index is 0.0429. The van der Waals surface area contributed by atoms with Crippen LogP contribution >= 0.6 is 0 Å². The quantitative estimate of drug-likeness (QED) is 0.617. The van der Waals surface area contributed by atoms with E-state index < -0.39 is 0 Å². The summed E-state index contributed by atoms with van der Waals surface area (Å²) in [6.07, 6.45) is 7.23. The lowest BCUT2D eigenvalue weighted by molar-refractivity contribution is -0.116. The number of allylic oxidation sites excluding steroid dienone is 1. The highest BCUT2D eigenvalue weighted by Crippen LogP contribution is 2.18. The molecule has 0 unspecified atom stereocenters. The van der Waals surface area contributed by atoms with E-state index >= 15 is 0 Å². The molecule has 114 valence electrons. The predicted molar refractivity (Wildman–Crippen MR) is 87.0 cm³/mol. The van der Waals surface area contributed by atoms with E-state index in [1.807, 2.05) is 6.07 Å². The van der Waals surface area contributed by atoms with Crippen LogP contribution in [-0.2, 0) is 11.2 Å². The van der Waals surface area contributed by atoms with Gasteiger partial charge in [0, 0.05) is 37.8 Å². The highest BCUT2D eigenvalue weighted by molar-refractivity contribution is 5.88. The van der Waals surface area contributed by atoms with Crippen molar-refractivity contribution >= 4 is 5.91 Å². The summed E-state index contributed by atoms with van der Waals surface area (Å²) in [6.45, 7) is 5.04. The lowest BCUT2D eigenvalue weighted by Crippen LogP contribution is -2.26. The topological polar surface area (TPSA) is 32.3 Å². The molecular weight excluding hydrogens is 260 g/mol. The van der Waals surface area contributed by atoms with E-state index in [0.29, 0.717) is 0 Å². The molecule has 1 aliphatic heterocycles. The summed E-state index contributed by atoms with van der Waals surface area (Å²) in [5.74, 6) is 0.0429. The number of benzene rings is 1. The summed E-state index contributed by atoms with van der Waals surface area (Å²) < 4.78 is 0. The SMILES string of the molecule is CCCCNC(=O)C=C(Cc1ccccc1)N1CCCC1. The lowest BCUT2D eigenvalue weighted by Gasteiger charge is -2.21. The maximum Gasteiger partial charge on any atom is 0.245 e. The Morgan fingerprint density at radius 3 is 2.62 bits per heavy atom. The van der Waals surface area contributed by atoms with E-state index in [0.717, 1.165) is 44.6 Å². The molecule has 1 amide bonds. The van der Waals surface area contributed by atoms with Crippen molar-refractivity contribution < 1.29 is 4.79 Å². The zero-order valence-corrected chi connectivity index (χ0v) is 13.0. The molecule has 0 bridgehead atoms. The van der Waals surface area contributed by atoms with Crippen molar-refractivity contribution in [2.45, 2.75) is 39.0 Å². The summed E-state index contributed by atoms with van der Waals surface area (Å²) in [7, 11) is 0. The van der Waals surface area contributed by atoms with E-state index in [-0.39, 0.29) is 5.91 Å². The van der Waals surface area contributed by atoms with Crippen molar-refractivity contribution in [2.75, 3.05) is 19.6 Å². The van der Waals surface area contributed by atoms with Gasteiger partial charge in [0.05, 0.1) is 0 Å². The van der Waals surface area contributed by atoms with Crippen LogP contribution in [0.5, 0.6) is 0 Å². The van der Waals surface area contributed by atoms with Gasteiger partial charge in [0.15, 0.2) is 0 Å². The third kappa shape index (κ3) is 5.25. The first-order valence-electron chi connectivity index (χ1n) is 8.07. The number of carbonyl (C=O) groups is 1. The van der Waals surface area contributed by atoms with Crippen LogP contribution in [0.2, 0.25) is 0 Å². The van der Waals surface area contributed by atoms with E-state index in [2.05, 4.69) is 41.4 Å². The zero-order chi connectivity index (χ0) is 14.9. The van der Waals surface area contributed by atoms with Crippen molar-refractivity contribution in [2.24, 2.45) is 0 Å². The molecule has 1 aliphatic rings. The van der Waals surface area contributed by atoms with Crippen LogP contribution in [0.4, 0.5) is 0 Å². The van der Waals surface area contributed by atoms with Gasteiger partial charge in [-0.2, -0.15) is 0 Å². The number of hydrogen-bond acceptors (Lipinski definition) is 2. The van der Waals surface area contributed by atoms with Gasteiger partial charge in [-0.3, -0.25) is 4.79 Å². The summed E-state index contributed by atoms with van der Waals surface area (Å²) >= 11 is 0. The van der Waals surface area contributed by atoms with E-state index in [9.17, 15) is 4.79 Å². The number of likely N-dealkylation sites (tertiary alicyclic amines) is 1. The first kappa shape index (κ1) is 15.6. The number of carbonyl (C=O) groups excluding carboxylic acids is 1. The smallest absolute Gasteiger partial charge is 0.245 e. The molecule has 3 nitrogen and oxygen atoms in total. The Balaban J connectivity index is 2.02. The van der Waals surface area contributed by atoms with E-state index in [1.54, 1.807) is 6.08 Å². The summed E-state index contributed by atoms with van der Waals surface area (Å²) in [5.41, 5.74) is 2.41. The largest absolute Gasteiger partial charge is 0.374 e. The fourth-order valence-electron chi connectivity index (χ4n) is 2.65. The molecule has 21 heavy (non-hydrogen) atoms. The molecule has 0 spiro atoms. The number of amides is 1. The Labute approximate surface area is 128 Å². The third-order valence-corrected chi connectivity index (χ3v) is 3.87. The monoisotopic (exact) mass is 286 g/mol. The molecule has 1 aromatic carbocycles. The Morgan fingerprint density at radius 2 is 1.95 bits per heavy atom. The molecule has 2 rings (SSSR count). The second kappa shape index (κ2) is 8.50. The number of unbranched alkanes of at least 4 members (excludes halogenated alkanes) is 1. The molecule has 3 heteroatoms. The number of rotatable bonds is 7. The standard InChI is InChI=1S/C18H26N2O/c1-2-3-11-19-18(21)15-17(20-12-7-8-13-20)14-16-9-5-4-6-10-16/h4-6,9-10,15H,2-3,7-8,11-14H2,1H3,(H,19,21). The maximum atomic E-state index is 12.1. The molecule has 1 N–H and O–H groups in total. The molecule has 0 atom stereocenters. The van der Waals surface area contributed by atoms with E-state index in [4.69, 9.17) is 0 Å². The van der Waals surface area contributed by atoms with Crippen molar-refractivity contribution in [1.82, 2.24) is 10.2 Å². The molecule has 0 aliphatic carbocycles. The molecule has 1 aromatic rings. The van der Waals surface area contributed by atoms with Crippen molar-refractivity contribution in [1.29, 1.82) is 0 Å². The molecule has 0 radical (unpaired) electrons. The molecular formula is C18H26N2O. The lowest BCUT2D eigenvalue weighted by atomic mass is 10.1. The van der Waals surface area contributed by atoms with Crippen LogP contribution in [0.1, 0.15) is 38.2 Å². The molecule has 1 saturated heterocycles. The number of hydrogen-bond donors (Lipinski definition) is 1. The second-order valence-electron chi connectivity index (χ2n) is 5.64. The van der Waals surface area contributed by atoms with Crippen LogP contribution in [0.25, 0.3) is 0 Å². The summed E-state index contributed by atoms with van der Waals surface area (Å²) in [4.78, 5) is 14.4. The number of nitrogens with one attached hydrogen (secondary N) is 1.